The number of fused-ring (bicyclic) bond motifs is 1. The summed E-state index contributed by atoms with van der Waals surface area (Å²) in [5, 5.41) is 0. The Morgan fingerprint density at radius 2 is 1.09 bits per heavy atom. The van der Waals surface area contributed by atoms with Crippen LogP contribution in [0.25, 0.3) is 11.1 Å². The number of carbonyl (C=O) groups excluding carboxylic acids is 1. The molecule has 4 rings (SSSR count). The Morgan fingerprint density at radius 3 is 1.66 bits per heavy atom. The van der Waals surface area contributed by atoms with Crippen molar-refractivity contribution >= 4 is 5.97 Å². The van der Waals surface area contributed by atoms with E-state index in [9.17, 15) is 4.79 Å². The lowest BCUT2D eigenvalue weighted by Gasteiger charge is -2.27. The lowest BCUT2D eigenvalue weighted by molar-refractivity contribution is -0.137. The highest BCUT2D eigenvalue weighted by Gasteiger charge is 2.50. The summed E-state index contributed by atoms with van der Waals surface area (Å²) in [6.45, 7) is 5.25. The maximum Gasteiger partial charge on any atom is 0.326 e. The molecule has 0 saturated heterocycles. The Kier molecular flexibility index (Phi) is 16.4. The van der Waals surface area contributed by atoms with Gasteiger partial charge in [0.25, 0.3) is 0 Å². The van der Waals surface area contributed by atoms with Gasteiger partial charge in [0.05, 0.1) is 6.61 Å². The highest BCUT2D eigenvalue weighted by atomic mass is 16.5. The van der Waals surface area contributed by atoms with Gasteiger partial charge in [0.2, 0.25) is 0 Å². The summed E-state index contributed by atoms with van der Waals surface area (Å²) in [5.74, 6) is 1.41. The first kappa shape index (κ1) is 36.8. The fraction of sp³-hybridized carbons (Fsp3) is 0.568. The molecule has 0 radical (unpaired) electrons. The second kappa shape index (κ2) is 21.0. The Bertz CT molecular complexity index is 1280. The Morgan fingerprint density at radius 1 is 0.553 bits per heavy atom. The molecule has 256 valence electrons. The summed E-state index contributed by atoms with van der Waals surface area (Å²) in [4.78, 5) is 13.7. The van der Waals surface area contributed by atoms with E-state index < -0.39 is 5.41 Å². The van der Waals surface area contributed by atoms with Crippen molar-refractivity contribution in [2.45, 2.75) is 154 Å². The molecule has 1 unspecified atom stereocenters. The van der Waals surface area contributed by atoms with Gasteiger partial charge >= 0.3 is 5.97 Å². The zero-order chi connectivity index (χ0) is 33.0. The van der Waals surface area contributed by atoms with Crippen LogP contribution >= 0.6 is 0 Å². The van der Waals surface area contributed by atoms with Gasteiger partial charge in [-0.3, -0.25) is 4.79 Å². The van der Waals surface area contributed by atoms with Crippen molar-refractivity contribution in [3.8, 4) is 22.6 Å². The van der Waals surface area contributed by atoms with E-state index in [4.69, 9.17) is 9.47 Å². The van der Waals surface area contributed by atoms with Crippen LogP contribution in [-0.4, -0.2) is 12.6 Å². The molecule has 0 aliphatic carbocycles. The standard InChI is InChI=1S/C44H62O3/c1-3-5-7-9-10-11-12-13-14-15-16-17-18-19-20-25-35-46-40-31-29-39(30-32-40)44(34-24-8-6-4-2)41-36-38(37-26-22-21-23-27-37)28-33-42(41)47-43(44)45/h21-23,26-33,36H,3-20,24-25,34-35H2,1-2H3. The normalized spacial score (nSPS) is 15.5. The van der Waals surface area contributed by atoms with Gasteiger partial charge in [0, 0.05) is 5.56 Å². The number of esters is 1. The van der Waals surface area contributed by atoms with Gasteiger partial charge in [-0.05, 0) is 53.8 Å². The first-order chi connectivity index (χ1) is 23.2. The Hall–Kier alpha value is -3.07. The van der Waals surface area contributed by atoms with Crippen LogP contribution in [-0.2, 0) is 10.2 Å². The van der Waals surface area contributed by atoms with Crippen LogP contribution in [0, 0.1) is 0 Å². The van der Waals surface area contributed by atoms with Crippen LogP contribution in [0.15, 0.2) is 72.8 Å². The zero-order valence-electron chi connectivity index (χ0n) is 29.7. The molecular formula is C44H62O3. The second-order valence-corrected chi connectivity index (χ2v) is 13.9. The third kappa shape index (κ3) is 11.3. The maximum absolute atomic E-state index is 13.7. The molecule has 1 heterocycles. The van der Waals surface area contributed by atoms with Gasteiger partial charge in [0.15, 0.2) is 0 Å². The van der Waals surface area contributed by atoms with E-state index in [-0.39, 0.29) is 5.97 Å². The fourth-order valence-electron chi connectivity index (χ4n) is 7.21. The third-order valence-electron chi connectivity index (χ3n) is 10.1. The van der Waals surface area contributed by atoms with Gasteiger partial charge in [-0.2, -0.15) is 0 Å². The average molecular weight is 639 g/mol. The van der Waals surface area contributed by atoms with Crippen molar-refractivity contribution < 1.29 is 14.3 Å². The molecule has 0 aromatic heterocycles. The molecule has 1 aliphatic rings. The van der Waals surface area contributed by atoms with E-state index in [1.807, 2.05) is 24.3 Å². The van der Waals surface area contributed by atoms with Gasteiger partial charge in [-0.1, -0.05) is 184 Å². The van der Waals surface area contributed by atoms with Gasteiger partial charge in [0.1, 0.15) is 16.9 Å². The van der Waals surface area contributed by atoms with E-state index in [1.54, 1.807) is 0 Å². The number of ether oxygens (including phenoxy) is 2. The monoisotopic (exact) mass is 638 g/mol. The predicted octanol–water partition coefficient (Wildman–Crippen LogP) is 13.2. The van der Waals surface area contributed by atoms with Crippen molar-refractivity contribution in [3.05, 3.63) is 83.9 Å². The van der Waals surface area contributed by atoms with Crippen LogP contribution in [0.2, 0.25) is 0 Å². The maximum atomic E-state index is 13.7. The number of rotatable bonds is 25. The molecule has 1 aliphatic heterocycles. The molecule has 0 amide bonds. The van der Waals surface area contributed by atoms with Crippen molar-refractivity contribution in [2.24, 2.45) is 0 Å². The summed E-state index contributed by atoms with van der Waals surface area (Å²) in [6, 6.07) is 24.9. The summed E-state index contributed by atoms with van der Waals surface area (Å²) in [6.07, 6.45) is 27.1. The van der Waals surface area contributed by atoms with E-state index in [2.05, 4.69) is 62.4 Å². The summed E-state index contributed by atoms with van der Waals surface area (Å²) >= 11 is 0. The molecule has 0 saturated carbocycles. The second-order valence-electron chi connectivity index (χ2n) is 13.9. The summed E-state index contributed by atoms with van der Waals surface area (Å²) in [7, 11) is 0. The minimum atomic E-state index is -0.791. The molecule has 3 aromatic rings. The first-order valence-corrected chi connectivity index (χ1v) is 19.3. The van der Waals surface area contributed by atoms with E-state index >= 15 is 0 Å². The summed E-state index contributed by atoms with van der Waals surface area (Å²) < 4.78 is 12.1. The molecule has 0 bridgehead atoms. The molecule has 3 nitrogen and oxygen atoms in total. The summed E-state index contributed by atoms with van der Waals surface area (Å²) in [5.41, 5.74) is 3.45. The zero-order valence-corrected chi connectivity index (χ0v) is 29.7. The molecule has 47 heavy (non-hydrogen) atoms. The largest absolute Gasteiger partial charge is 0.494 e. The SMILES string of the molecule is CCCCCCCCCCCCCCCCCCOc1ccc(C2(CCCCCC)C(=O)Oc3ccc(-c4ccccc4)cc32)cc1. The lowest BCUT2D eigenvalue weighted by atomic mass is 9.71. The quantitative estimate of drug-likeness (QED) is 0.0526. The number of carbonyl (C=O) groups is 1. The highest BCUT2D eigenvalue weighted by molar-refractivity contribution is 5.95. The Balaban J connectivity index is 1.21. The van der Waals surface area contributed by atoms with Crippen LogP contribution in [0.4, 0.5) is 0 Å². The van der Waals surface area contributed by atoms with Crippen LogP contribution in [0.1, 0.15) is 160 Å². The molecule has 3 aromatic carbocycles. The average Bonchev–Trinajstić information content (AvgIpc) is 3.39. The van der Waals surface area contributed by atoms with E-state index in [1.165, 1.54) is 103 Å². The lowest BCUT2D eigenvalue weighted by Crippen LogP contribution is -2.35. The molecule has 1 atom stereocenters. The molecular weight excluding hydrogens is 576 g/mol. The van der Waals surface area contributed by atoms with Crippen molar-refractivity contribution in [1.29, 1.82) is 0 Å². The van der Waals surface area contributed by atoms with Gasteiger partial charge < -0.3 is 9.47 Å². The third-order valence-corrected chi connectivity index (χ3v) is 10.1. The molecule has 0 N–H and O–H groups in total. The smallest absolute Gasteiger partial charge is 0.326 e. The Labute approximate surface area is 286 Å². The van der Waals surface area contributed by atoms with Gasteiger partial charge in [-0.25, -0.2) is 0 Å². The number of hydrogen-bond acceptors (Lipinski definition) is 3. The predicted molar refractivity (Wildman–Crippen MR) is 199 cm³/mol. The number of benzene rings is 3. The minimum absolute atomic E-state index is 0.156. The van der Waals surface area contributed by atoms with Crippen molar-refractivity contribution in [3.63, 3.8) is 0 Å². The first-order valence-electron chi connectivity index (χ1n) is 19.3. The van der Waals surface area contributed by atoms with Crippen molar-refractivity contribution in [1.82, 2.24) is 0 Å². The topological polar surface area (TPSA) is 35.5 Å². The molecule has 3 heteroatoms. The van der Waals surface area contributed by atoms with Crippen LogP contribution in [0.5, 0.6) is 11.5 Å². The van der Waals surface area contributed by atoms with Crippen molar-refractivity contribution in [2.75, 3.05) is 6.61 Å². The number of hydrogen-bond donors (Lipinski definition) is 0. The fourth-order valence-corrected chi connectivity index (χ4v) is 7.21. The number of unbranched alkanes of at least 4 members (excludes halogenated alkanes) is 18. The molecule has 0 fully saturated rings. The van der Waals surface area contributed by atoms with E-state index in [0.717, 1.165) is 66.7 Å². The van der Waals surface area contributed by atoms with Crippen LogP contribution in [0.3, 0.4) is 0 Å². The van der Waals surface area contributed by atoms with Gasteiger partial charge in [-0.15, -0.1) is 0 Å². The van der Waals surface area contributed by atoms with Crippen LogP contribution < -0.4 is 9.47 Å². The minimum Gasteiger partial charge on any atom is -0.494 e. The van der Waals surface area contributed by atoms with E-state index in [0.29, 0.717) is 5.75 Å². The molecule has 0 spiro atoms. The highest BCUT2D eigenvalue weighted by Crippen LogP contribution is 2.49.